The van der Waals surface area contributed by atoms with Gasteiger partial charge in [-0.15, -0.1) is 0 Å². The monoisotopic (exact) mass is 123 g/mol. The summed E-state index contributed by atoms with van der Waals surface area (Å²) in [7, 11) is 0. The molecule has 1 aliphatic heterocycles. The lowest BCUT2D eigenvalue weighted by Crippen LogP contribution is -2.40. The molecular formula is C7H11N2. The third-order valence-electron chi connectivity index (χ3n) is 1.35. The van der Waals surface area contributed by atoms with Gasteiger partial charge in [0.15, 0.2) is 0 Å². The molecule has 1 fully saturated rings. The number of nitrogens with one attached hydrogen (secondary N) is 1. The Bertz CT molecular complexity index is 126. The van der Waals surface area contributed by atoms with Crippen LogP contribution in [0.4, 0.5) is 0 Å². The van der Waals surface area contributed by atoms with Gasteiger partial charge in [0.25, 0.3) is 0 Å². The van der Waals surface area contributed by atoms with Gasteiger partial charge in [-0.25, -0.2) is 0 Å². The van der Waals surface area contributed by atoms with Crippen LogP contribution in [0.5, 0.6) is 0 Å². The molecule has 0 aromatic heterocycles. The van der Waals surface area contributed by atoms with Crippen LogP contribution in [0.2, 0.25) is 0 Å². The van der Waals surface area contributed by atoms with Crippen LogP contribution < -0.4 is 5.32 Å². The zero-order valence-corrected chi connectivity index (χ0v) is 5.48. The van der Waals surface area contributed by atoms with Gasteiger partial charge in [0.2, 0.25) is 0 Å². The van der Waals surface area contributed by atoms with Crippen molar-refractivity contribution in [1.29, 1.82) is 0 Å². The minimum absolute atomic E-state index is 1.03. The summed E-state index contributed by atoms with van der Waals surface area (Å²) in [6.07, 6.45) is 0. The van der Waals surface area contributed by atoms with E-state index in [0.29, 0.717) is 0 Å². The molecule has 1 saturated heterocycles. The van der Waals surface area contributed by atoms with Crippen LogP contribution >= 0.6 is 0 Å². The Balaban J connectivity index is 2.28. The Morgan fingerprint density at radius 3 is 2.56 bits per heavy atom. The Kier molecular flexibility index (Phi) is 2.41. The lowest BCUT2D eigenvalue weighted by Gasteiger charge is -2.22. The van der Waals surface area contributed by atoms with Gasteiger partial charge in [-0.1, -0.05) is 5.92 Å². The summed E-state index contributed by atoms with van der Waals surface area (Å²) in [5.74, 6) is 2.64. The first-order valence-corrected chi connectivity index (χ1v) is 3.17. The van der Waals surface area contributed by atoms with Crippen LogP contribution in [0.1, 0.15) is 0 Å². The zero-order chi connectivity index (χ0) is 6.53. The maximum atomic E-state index is 3.46. The van der Waals surface area contributed by atoms with Crippen LogP contribution in [0.3, 0.4) is 0 Å². The highest BCUT2D eigenvalue weighted by Crippen LogP contribution is 1.87. The SMILES string of the molecule is [CH2]C#CN1CCNCC1. The van der Waals surface area contributed by atoms with Crippen molar-refractivity contribution in [3.05, 3.63) is 6.92 Å². The summed E-state index contributed by atoms with van der Waals surface area (Å²) in [4.78, 5) is 2.09. The molecule has 0 aromatic carbocycles. The molecule has 1 heterocycles. The Morgan fingerprint density at radius 1 is 1.33 bits per heavy atom. The molecule has 0 unspecified atom stereocenters. The average Bonchev–Trinajstić information content (AvgIpc) is 1.91. The van der Waals surface area contributed by atoms with Crippen molar-refractivity contribution in [2.45, 2.75) is 0 Å². The largest absolute Gasteiger partial charge is 0.330 e. The van der Waals surface area contributed by atoms with E-state index >= 15 is 0 Å². The molecular weight excluding hydrogens is 112 g/mol. The molecule has 1 N–H and O–H groups in total. The minimum Gasteiger partial charge on any atom is -0.330 e. The van der Waals surface area contributed by atoms with Crippen LogP contribution in [0.15, 0.2) is 0 Å². The van der Waals surface area contributed by atoms with Crippen LogP contribution in [0, 0.1) is 18.9 Å². The van der Waals surface area contributed by atoms with Crippen molar-refractivity contribution in [1.82, 2.24) is 10.2 Å². The van der Waals surface area contributed by atoms with Crippen molar-refractivity contribution in [3.8, 4) is 12.0 Å². The van der Waals surface area contributed by atoms with E-state index in [2.05, 4.69) is 29.1 Å². The highest BCUT2D eigenvalue weighted by molar-refractivity contribution is 5.01. The normalized spacial score (nSPS) is 18.6. The van der Waals surface area contributed by atoms with Crippen molar-refractivity contribution >= 4 is 0 Å². The molecule has 0 bridgehead atoms. The summed E-state index contributed by atoms with van der Waals surface area (Å²) in [5.41, 5.74) is 0. The van der Waals surface area contributed by atoms with E-state index in [4.69, 9.17) is 0 Å². The first kappa shape index (κ1) is 6.44. The van der Waals surface area contributed by atoms with Crippen molar-refractivity contribution in [2.24, 2.45) is 0 Å². The van der Waals surface area contributed by atoms with E-state index in [0.717, 1.165) is 26.2 Å². The number of nitrogens with zero attached hydrogens (tertiary/aromatic N) is 1. The lowest BCUT2D eigenvalue weighted by atomic mass is 10.4. The van der Waals surface area contributed by atoms with Crippen LogP contribution in [-0.2, 0) is 0 Å². The first-order chi connectivity index (χ1) is 4.43. The standard InChI is InChI=1S/C7H11N2/c1-2-5-9-6-3-8-4-7-9/h8H,1,3-4,6-7H2. The fraction of sp³-hybridized carbons (Fsp3) is 0.571. The third-order valence-corrected chi connectivity index (χ3v) is 1.35. The maximum Gasteiger partial charge on any atom is 0.0386 e. The second kappa shape index (κ2) is 3.37. The van der Waals surface area contributed by atoms with Gasteiger partial charge in [0.1, 0.15) is 0 Å². The highest BCUT2D eigenvalue weighted by Gasteiger charge is 2.03. The first-order valence-electron chi connectivity index (χ1n) is 3.17. The molecule has 49 valence electrons. The van der Waals surface area contributed by atoms with Crippen molar-refractivity contribution in [2.75, 3.05) is 26.2 Å². The molecule has 0 saturated carbocycles. The van der Waals surface area contributed by atoms with Gasteiger partial charge in [-0.05, 0) is 0 Å². The van der Waals surface area contributed by atoms with Gasteiger partial charge in [0, 0.05) is 39.1 Å². The Labute approximate surface area is 56.2 Å². The second-order valence-electron chi connectivity index (χ2n) is 2.03. The smallest absolute Gasteiger partial charge is 0.0386 e. The van der Waals surface area contributed by atoms with E-state index in [-0.39, 0.29) is 0 Å². The molecule has 1 rings (SSSR count). The lowest BCUT2D eigenvalue weighted by molar-refractivity contribution is 0.342. The molecule has 1 radical (unpaired) electrons. The predicted octanol–water partition coefficient (Wildman–Crippen LogP) is -0.313. The van der Waals surface area contributed by atoms with Crippen LogP contribution in [-0.4, -0.2) is 31.1 Å². The van der Waals surface area contributed by atoms with Gasteiger partial charge < -0.3 is 10.2 Å². The Hall–Kier alpha value is -0.680. The van der Waals surface area contributed by atoms with Gasteiger partial charge in [0.05, 0.1) is 0 Å². The van der Waals surface area contributed by atoms with Crippen molar-refractivity contribution in [3.63, 3.8) is 0 Å². The molecule has 0 aromatic rings. The van der Waals surface area contributed by atoms with Crippen LogP contribution in [0.25, 0.3) is 0 Å². The summed E-state index contributed by atoms with van der Waals surface area (Å²) >= 11 is 0. The quantitative estimate of drug-likeness (QED) is 0.444. The van der Waals surface area contributed by atoms with Crippen molar-refractivity contribution < 1.29 is 0 Å². The molecule has 9 heavy (non-hydrogen) atoms. The van der Waals surface area contributed by atoms with Gasteiger partial charge >= 0.3 is 0 Å². The van der Waals surface area contributed by atoms with Gasteiger partial charge in [-0.2, -0.15) is 0 Å². The van der Waals surface area contributed by atoms with E-state index < -0.39 is 0 Å². The summed E-state index contributed by atoms with van der Waals surface area (Å²) in [6.45, 7) is 7.62. The minimum atomic E-state index is 1.03. The Morgan fingerprint density at radius 2 is 2.00 bits per heavy atom. The summed E-state index contributed by atoms with van der Waals surface area (Å²) < 4.78 is 0. The molecule has 0 spiro atoms. The van der Waals surface area contributed by atoms with E-state index in [1.165, 1.54) is 0 Å². The number of piperazine rings is 1. The molecule has 0 aliphatic carbocycles. The summed E-state index contributed by atoms with van der Waals surface area (Å²) in [6, 6.07) is 2.92. The van der Waals surface area contributed by atoms with E-state index in [9.17, 15) is 0 Å². The number of hydrogen-bond donors (Lipinski definition) is 1. The van der Waals surface area contributed by atoms with Gasteiger partial charge in [-0.3, -0.25) is 0 Å². The zero-order valence-electron chi connectivity index (χ0n) is 5.48. The summed E-state index contributed by atoms with van der Waals surface area (Å²) in [5, 5.41) is 3.24. The van der Waals surface area contributed by atoms with E-state index in [1.807, 2.05) is 0 Å². The maximum absolute atomic E-state index is 3.46. The second-order valence-corrected chi connectivity index (χ2v) is 2.03. The molecule has 0 atom stereocenters. The number of hydrogen-bond acceptors (Lipinski definition) is 2. The molecule has 0 amide bonds. The molecule has 1 aliphatic rings. The topological polar surface area (TPSA) is 15.3 Å². The third kappa shape index (κ3) is 1.95. The molecule has 2 nitrogen and oxygen atoms in total. The number of rotatable bonds is 0. The average molecular weight is 123 g/mol. The predicted molar refractivity (Wildman–Crippen MR) is 37.6 cm³/mol. The highest BCUT2D eigenvalue weighted by atomic mass is 15.2. The fourth-order valence-corrected chi connectivity index (χ4v) is 0.888. The van der Waals surface area contributed by atoms with E-state index in [1.54, 1.807) is 0 Å². The molecule has 2 heteroatoms. The fourth-order valence-electron chi connectivity index (χ4n) is 0.888.